The van der Waals surface area contributed by atoms with E-state index < -0.39 is 12.1 Å². The molecule has 4 aliphatic rings. The Balaban J connectivity index is 1.49. The summed E-state index contributed by atoms with van der Waals surface area (Å²) in [5, 5.41) is 0. The molecule has 0 N–H and O–H groups in total. The van der Waals surface area contributed by atoms with Gasteiger partial charge in [-0.2, -0.15) is 13.2 Å². The van der Waals surface area contributed by atoms with Gasteiger partial charge in [-0.1, -0.05) is 13.0 Å². The molecule has 0 aromatic heterocycles. The van der Waals surface area contributed by atoms with Crippen LogP contribution in [0.1, 0.15) is 71.1 Å². The summed E-state index contributed by atoms with van der Waals surface area (Å²) in [6, 6.07) is 0. The smallest absolute Gasteiger partial charge is 0.171 e. The maximum Gasteiger partial charge on any atom is 0.391 e. The molecule has 0 aromatic rings. The monoisotopic (exact) mass is 354 g/mol. The van der Waals surface area contributed by atoms with Crippen molar-refractivity contribution in [2.75, 3.05) is 0 Å². The molecule has 4 rings (SSSR count). The minimum absolute atomic E-state index is 0.344. The van der Waals surface area contributed by atoms with Gasteiger partial charge in [0.2, 0.25) is 0 Å². The molecular formula is C22H33F3. The zero-order valence-corrected chi connectivity index (χ0v) is 15.5. The highest BCUT2D eigenvalue weighted by Crippen LogP contribution is 2.65. The minimum atomic E-state index is -3.98. The summed E-state index contributed by atoms with van der Waals surface area (Å²) in [5.74, 6) is 3.01. The van der Waals surface area contributed by atoms with Crippen LogP contribution in [0.5, 0.6) is 0 Å². The molecule has 0 saturated heterocycles. The fourth-order valence-corrected chi connectivity index (χ4v) is 7.85. The highest BCUT2D eigenvalue weighted by Gasteiger charge is 2.57. The highest BCUT2D eigenvalue weighted by atomic mass is 19.4. The first-order chi connectivity index (χ1) is 11.8. The summed E-state index contributed by atoms with van der Waals surface area (Å²) >= 11 is 0. The number of rotatable bonds is 2. The Morgan fingerprint density at radius 1 is 0.960 bits per heavy atom. The van der Waals surface area contributed by atoms with E-state index in [1.165, 1.54) is 32.1 Å². The van der Waals surface area contributed by atoms with E-state index in [4.69, 9.17) is 0 Å². The standard InChI is InChI=1S/C22H33F3/c1-3-4-15-7-10-20-19-8-5-14-13-16(22(23,24)25)6-9-17(14)18(19)11-12-21(15,20)2/h3,14-20H,1,4-13H2,2H3/t14-,15?,16+,17+,18?,19-,20?,21-/m1/s1. The van der Waals surface area contributed by atoms with E-state index in [0.29, 0.717) is 36.0 Å². The summed E-state index contributed by atoms with van der Waals surface area (Å²) in [6.07, 6.45) is 8.38. The molecule has 142 valence electrons. The van der Waals surface area contributed by atoms with Gasteiger partial charge in [-0.15, -0.1) is 6.58 Å². The van der Waals surface area contributed by atoms with Gasteiger partial charge >= 0.3 is 6.18 Å². The Labute approximate surface area is 150 Å². The summed E-state index contributed by atoms with van der Waals surface area (Å²) in [4.78, 5) is 0. The van der Waals surface area contributed by atoms with Gasteiger partial charge in [-0.3, -0.25) is 0 Å². The van der Waals surface area contributed by atoms with E-state index in [2.05, 4.69) is 19.6 Å². The lowest BCUT2D eigenvalue weighted by molar-refractivity contribution is -0.196. The third-order valence-corrected chi connectivity index (χ3v) is 9.06. The molecule has 0 aliphatic heterocycles. The third-order valence-electron chi connectivity index (χ3n) is 9.06. The fraction of sp³-hybridized carbons (Fsp3) is 0.909. The van der Waals surface area contributed by atoms with Crippen molar-refractivity contribution in [1.29, 1.82) is 0 Å². The van der Waals surface area contributed by atoms with Crippen molar-refractivity contribution >= 4 is 0 Å². The fourth-order valence-electron chi connectivity index (χ4n) is 7.85. The maximum absolute atomic E-state index is 13.2. The van der Waals surface area contributed by atoms with Crippen LogP contribution in [0.15, 0.2) is 12.7 Å². The van der Waals surface area contributed by atoms with E-state index in [1.807, 2.05) is 0 Å². The summed E-state index contributed by atoms with van der Waals surface area (Å²) in [5.41, 5.74) is 0.464. The zero-order valence-electron chi connectivity index (χ0n) is 15.5. The highest BCUT2D eigenvalue weighted by molar-refractivity contribution is 5.06. The lowest BCUT2D eigenvalue weighted by Crippen LogP contribution is -2.49. The lowest BCUT2D eigenvalue weighted by Gasteiger charge is -2.56. The van der Waals surface area contributed by atoms with E-state index in [-0.39, 0.29) is 0 Å². The van der Waals surface area contributed by atoms with Crippen molar-refractivity contribution in [2.24, 2.45) is 46.8 Å². The van der Waals surface area contributed by atoms with Crippen molar-refractivity contribution in [3.63, 3.8) is 0 Å². The van der Waals surface area contributed by atoms with E-state index in [0.717, 1.165) is 37.0 Å². The van der Waals surface area contributed by atoms with Crippen molar-refractivity contribution < 1.29 is 13.2 Å². The van der Waals surface area contributed by atoms with E-state index >= 15 is 0 Å². The van der Waals surface area contributed by atoms with Crippen LogP contribution in [0.3, 0.4) is 0 Å². The van der Waals surface area contributed by atoms with Crippen LogP contribution in [0.4, 0.5) is 13.2 Å². The second-order valence-corrected chi connectivity index (χ2v) is 9.83. The number of fused-ring (bicyclic) bond motifs is 5. The predicted molar refractivity (Wildman–Crippen MR) is 95.0 cm³/mol. The Morgan fingerprint density at radius 2 is 1.72 bits per heavy atom. The van der Waals surface area contributed by atoms with Gasteiger partial charge in [0.25, 0.3) is 0 Å². The van der Waals surface area contributed by atoms with Crippen LogP contribution in [0, 0.1) is 46.8 Å². The van der Waals surface area contributed by atoms with Gasteiger partial charge in [0.05, 0.1) is 5.92 Å². The molecule has 4 aliphatic carbocycles. The number of hydrogen-bond donors (Lipinski definition) is 0. The molecule has 0 nitrogen and oxygen atoms in total. The topological polar surface area (TPSA) is 0 Å². The van der Waals surface area contributed by atoms with Crippen LogP contribution in [-0.2, 0) is 0 Å². The van der Waals surface area contributed by atoms with Crippen LogP contribution in [-0.4, -0.2) is 6.18 Å². The molecule has 0 spiro atoms. The normalized spacial score (nSPS) is 49.8. The molecule has 0 radical (unpaired) electrons. The Kier molecular flexibility index (Phi) is 4.52. The number of halogens is 3. The van der Waals surface area contributed by atoms with Gasteiger partial charge in [-0.25, -0.2) is 0 Å². The third kappa shape index (κ3) is 2.88. The molecule has 4 saturated carbocycles. The largest absolute Gasteiger partial charge is 0.391 e. The summed E-state index contributed by atoms with van der Waals surface area (Å²) in [7, 11) is 0. The molecule has 25 heavy (non-hydrogen) atoms. The average molecular weight is 355 g/mol. The number of hydrogen-bond acceptors (Lipinski definition) is 0. The van der Waals surface area contributed by atoms with Gasteiger partial charge < -0.3 is 0 Å². The predicted octanol–water partition coefficient (Wildman–Crippen LogP) is 7.01. The maximum atomic E-state index is 13.2. The van der Waals surface area contributed by atoms with Crippen LogP contribution >= 0.6 is 0 Å². The quantitative estimate of drug-likeness (QED) is 0.468. The Bertz CT molecular complexity index is 510. The molecule has 0 bridgehead atoms. The van der Waals surface area contributed by atoms with Crippen LogP contribution in [0.25, 0.3) is 0 Å². The SMILES string of the molecule is C=CCC1CCC2[C@@H]3CC[C@@H]4C[C@@H](C(F)(F)F)CC[C@@H]4C3CC[C@]12C. The van der Waals surface area contributed by atoms with Crippen LogP contribution in [0.2, 0.25) is 0 Å². The molecular weight excluding hydrogens is 321 g/mol. The van der Waals surface area contributed by atoms with E-state index in [1.54, 1.807) is 0 Å². The van der Waals surface area contributed by atoms with Gasteiger partial charge in [0.1, 0.15) is 0 Å². The molecule has 0 aromatic carbocycles. The average Bonchev–Trinajstić information content (AvgIpc) is 2.90. The molecule has 4 fully saturated rings. The van der Waals surface area contributed by atoms with Crippen LogP contribution < -0.4 is 0 Å². The zero-order chi connectivity index (χ0) is 17.8. The molecule has 3 unspecified atom stereocenters. The van der Waals surface area contributed by atoms with Gasteiger partial charge in [-0.05, 0) is 105 Å². The molecule has 8 atom stereocenters. The first-order valence-corrected chi connectivity index (χ1v) is 10.5. The molecule has 0 amide bonds. The van der Waals surface area contributed by atoms with Crippen molar-refractivity contribution in [3.05, 3.63) is 12.7 Å². The van der Waals surface area contributed by atoms with Crippen molar-refractivity contribution in [3.8, 4) is 0 Å². The molecule has 3 heteroatoms. The summed E-state index contributed by atoms with van der Waals surface area (Å²) < 4.78 is 39.5. The minimum Gasteiger partial charge on any atom is -0.171 e. The first kappa shape index (κ1) is 17.9. The second kappa shape index (κ2) is 6.30. The second-order valence-electron chi connectivity index (χ2n) is 9.83. The van der Waals surface area contributed by atoms with E-state index in [9.17, 15) is 13.2 Å². The van der Waals surface area contributed by atoms with Gasteiger partial charge in [0, 0.05) is 0 Å². The Morgan fingerprint density at radius 3 is 2.44 bits per heavy atom. The first-order valence-electron chi connectivity index (χ1n) is 10.5. The number of alkyl halides is 3. The Hall–Kier alpha value is -0.470. The van der Waals surface area contributed by atoms with Crippen molar-refractivity contribution in [2.45, 2.75) is 77.3 Å². The molecule has 0 heterocycles. The van der Waals surface area contributed by atoms with Crippen molar-refractivity contribution in [1.82, 2.24) is 0 Å². The lowest BCUT2D eigenvalue weighted by atomic mass is 9.49. The number of allylic oxidation sites excluding steroid dienone is 1. The van der Waals surface area contributed by atoms with Gasteiger partial charge in [0.15, 0.2) is 0 Å². The summed E-state index contributed by atoms with van der Waals surface area (Å²) in [6.45, 7) is 6.48.